The number of aliphatic hydroxyl groups is 1. The summed E-state index contributed by atoms with van der Waals surface area (Å²) in [5.74, 6) is -1.47. The Hall–Kier alpha value is -1.86. The summed E-state index contributed by atoms with van der Waals surface area (Å²) in [6.45, 7) is 0. The zero-order chi connectivity index (χ0) is 16.4. The van der Waals surface area contributed by atoms with E-state index < -0.39 is 26.7 Å². The predicted molar refractivity (Wildman–Crippen MR) is 75.7 cm³/mol. The van der Waals surface area contributed by atoms with Crippen molar-refractivity contribution in [1.29, 1.82) is 0 Å². The molecule has 0 aliphatic heterocycles. The zero-order valence-electron chi connectivity index (χ0n) is 11.3. The number of hydrogen-bond donors (Lipinski definition) is 1. The zero-order valence-corrected chi connectivity index (χ0v) is 12.1. The molecule has 0 heterocycles. The quantitative estimate of drug-likeness (QED) is 0.938. The predicted octanol–water partition coefficient (Wildman–Crippen LogP) is 2.86. The number of alkyl halides is 3. The fourth-order valence-corrected chi connectivity index (χ4v) is 3.16. The lowest BCUT2D eigenvalue weighted by Gasteiger charge is -2.29. The summed E-state index contributed by atoms with van der Waals surface area (Å²) < 4.78 is 61.1. The van der Waals surface area contributed by atoms with Crippen LogP contribution in [0.3, 0.4) is 0 Å². The Kier molecular flexibility index (Phi) is 4.30. The number of hydrogen-bond acceptors (Lipinski definition) is 3. The molecule has 0 saturated heterocycles. The third kappa shape index (κ3) is 3.15. The first-order chi connectivity index (χ1) is 10.2. The van der Waals surface area contributed by atoms with E-state index in [1.54, 1.807) is 12.1 Å². The van der Waals surface area contributed by atoms with Gasteiger partial charge in [-0.25, -0.2) is 8.42 Å². The van der Waals surface area contributed by atoms with Gasteiger partial charge in [0.2, 0.25) is 0 Å². The average Bonchev–Trinajstić information content (AvgIpc) is 2.47. The van der Waals surface area contributed by atoms with Gasteiger partial charge in [-0.1, -0.05) is 60.7 Å². The van der Waals surface area contributed by atoms with Gasteiger partial charge in [0.15, 0.2) is 0 Å². The Bertz CT molecular complexity index is 686. The summed E-state index contributed by atoms with van der Waals surface area (Å²) >= 11 is 0. The number of benzene rings is 2. The van der Waals surface area contributed by atoms with Crippen LogP contribution in [-0.2, 0) is 15.4 Å². The number of rotatable bonds is 4. The third-order valence-corrected chi connectivity index (χ3v) is 4.76. The molecular formula is C15H13F3O3S. The molecule has 0 radical (unpaired) electrons. The fourth-order valence-electron chi connectivity index (χ4n) is 2.12. The number of halogens is 3. The van der Waals surface area contributed by atoms with E-state index in [9.17, 15) is 26.7 Å². The molecule has 0 unspecified atom stereocenters. The first-order valence-electron chi connectivity index (χ1n) is 6.29. The first kappa shape index (κ1) is 16.5. The van der Waals surface area contributed by atoms with Gasteiger partial charge < -0.3 is 5.11 Å². The highest BCUT2D eigenvalue weighted by Gasteiger charge is 2.51. The highest BCUT2D eigenvalue weighted by Crippen LogP contribution is 2.35. The van der Waals surface area contributed by atoms with Gasteiger partial charge in [-0.15, -0.1) is 0 Å². The Morgan fingerprint density at radius 2 is 1.18 bits per heavy atom. The van der Waals surface area contributed by atoms with Crippen molar-refractivity contribution in [1.82, 2.24) is 0 Å². The highest BCUT2D eigenvalue weighted by atomic mass is 32.2. The second kappa shape index (κ2) is 5.73. The molecule has 2 aromatic rings. The summed E-state index contributed by atoms with van der Waals surface area (Å²) in [5.41, 5.74) is -7.55. The van der Waals surface area contributed by atoms with Crippen molar-refractivity contribution in [2.45, 2.75) is 11.1 Å². The van der Waals surface area contributed by atoms with Crippen LogP contribution < -0.4 is 0 Å². The summed E-state index contributed by atoms with van der Waals surface area (Å²) in [7, 11) is -5.50. The maximum atomic E-state index is 12.7. The van der Waals surface area contributed by atoms with Gasteiger partial charge in [0.1, 0.15) is 5.60 Å². The van der Waals surface area contributed by atoms with Gasteiger partial charge in [0, 0.05) is 0 Å². The van der Waals surface area contributed by atoms with Crippen LogP contribution in [0.4, 0.5) is 13.2 Å². The third-order valence-electron chi connectivity index (χ3n) is 3.25. The van der Waals surface area contributed by atoms with Crippen molar-refractivity contribution in [3.8, 4) is 0 Å². The molecular weight excluding hydrogens is 317 g/mol. The first-order valence-corrected chi connectivity index (χ1v) is 7.94. The molecule has 0 fully saturated rings. The van der Waals surface area contributed by atoms with Crippen molar-refractivity contribution >= 4 is 9.84 Å². The van der Waals surface area contributed by atoms with Crippen LogP contribution in [0.5, 0.6) is 0 Å². The lowest BCUT2D eigenvalue weighted by molar-refractivity contribution is -0.0454. The second-order valence-electron chi connectivity index (χ2n) is 4.80. The Labute approximate surface area is 125 Å². The lowest BCUT2D eigenvalue weighted by atomic mass is 9.88. The van der Waals surface area contributed by atoms with Crippen LogP contribution in [0.15, 0.2) is 60.7 Å². The molecule has 0 amide bonds. The largest absolute Gasteiger partial charge is 0.497 e. The molecule has 0 bridgehead atoms. The summed E-state index contributed by atoms with van der Waals surface area (Å²) in [4.78, 5) is 0. The molecule has 118 valence electrons. The smallest absolute Gasteiger partial charge is 0.379 e. The minimum absolute atomic E-state index is 0.0778. The summed E-state index contributed by atoms with van der Waals surface area (Å²) in [6, 6.07) is 14.9. The Morgan fingerprint density at radius 3 is 1.50 bits per heavy atom. The molecule has 2 aromatic carbocycles. The van der Waals surface area contributed by atoms with E-state index in [0.29, 0.717) is 0 Å². The monoisotopic (exact) mass is 330 g/mol. The van der Waals surface area contributed by atoms with E-state index >= 15 is 0 Å². The van der Waals surface area contributed by atoms with Crippen LogP contribution >= 0.6 is 0 Å². The Morgan fingerprint density at radius 1 is 0.818 bits per heavy atom. The molecule has 0 spiro atoms. The maximum Gasteiger partial charge on any atom is 0.497 e. The van der Waals surface area contributed by atoms with Crippen LogP contribution in [0.25, 0.3) is 0 Å². The minimum atomic E-state index is -5.50. The minimum Gasteiger partial charge on any atom is -0.379 e. The van der Waals surface area contributed by atoms with E-state index in [2.05, 4.69) is 0 Å². The van der Waals surface area contributed by atoms with E-state index in [-0.39, 0.29) is 11.1 Å². The summed E-state index contributed by atoms with van der Waals surface area (Å²) in [6.07, 6.45) is 0. The fraction of sp³-hybridized carbons (Fsp3) is 0.200. The van der Waals surface area contributed by atoms with E-state index in [4.69, 9.17) is 0 Å². The van der Waals surface area contributed by atoms with E-state index in [1.165, 1.54) is 48.5 Å². The molecule has 0 aromatic heterocycles. The van der Waals surface area contributed by atoms with Crippen LogP contribution in [-0.4, -0.2) is 24.8 Å². The van der Waals surface area contributed by atoms with Gasteiger partial charge in [-0.3, -0.25) is 0 Å². The van der Waals surface area contributed by atoms with Crippen molar-refractivity contribution in [3.63, 3.8) is 0 Å². The molecule has 3 nitrogen and oxygen atoms in total. The lowest BCUT2D eigenvalue weighted by Crippen LogP contribution is -2.40. The van der Waals surface area contributed by atoms with Crippen LogP contribution in [0.2, 0.25) is 0 Å². The van der Waals surface area contributed by atoms with Gasteiger partial charge in [-0.2, -0.15) is 13.2 Å². The molecule has 0 saturated carbocycles. The molecule has 0 aliphatic carbocycles. The van der Waals surface area contributed by atoms with Crippen molar-refractivity contribution in [2.24, 2.45) is 0 Å². The van der Waals surface area contributed by atoms with Crippen molar-refractivity contribution in [2.75, 3.05) is 5.75 Å². The second-order valence-corrected chi connectivity index (χ2v) is 6.78. The van der Waals surface area contributed by atoms with Gasteiger partial charge in [0.05, 0.1) is 5.75 Å². The molecule has 2 rings (SSSR count). The maximum absolute atomic E-state index is 12.7. The SMILES string of the molecule is O=S(=O)(CC(O)(c1ccccc1)c1ccccc1)C(F)(F)F. The molecule has 22 heavy (non-hydrogen) atoms. The standard InChI is InChI=1S/C15H13F3O3S/c16-15(17,18)22(20,21)11-14(19,12-7-3-1-4-8-12)13-9-5-2-6-10-13/h1-10,19H,11H2. The van der Waals surface area contributed by atoms with Crippen molar-refractivity contribution in [3.05, 3.63) is 71.8 Å². The van der Waals surface area contributed by atoms with Crippen LogP contribution in [0.1, 0.15) is 11.1 Å². The molecule has 7 heteroatoms. The van der Waals surface area contributed by atoms with Gasteiger partial charge in [0.25, 0.3) is 9.84 Å². The summed E-state index contributed by atoms with van der Waals surface area (Å²) in [5, 5.41) is 10.8. The normalized spacial score (nSPS) is 13.1. The van der Waals surface area contributed by atoms with Gasteiger partial charge >= 0.3 is 5.51 Å². The topological polar surface area (TPSA) is 54.4 Å². The molecule has 0 atom stereocenters. The van der Waals surface area contributed by atoms with Crippen molar-refractivity contribution < 1.29 is 26.7 Å². The number of sulfone groups is 1. The van der Waals surface area contributed by atoms with E-state index in [1.807, 2.05) is 0 Å². The van der Waals surface area contributed by atoms with Gasteiger partial charge in [-0.05, 0) is 11.1 Å². The molecule has 0 aliphatic rings. The Balaban J connectivity index is 2.58. The molecule has 1 N–H and O–H groups in total. The van der Waals surface area contributed by atoms with E-state index in [0.717, 1.165) is 0 Å². The van der Waals surface area contributed by atoms with Crippen LogP contribution in [0, 0.1) is 0 Å². The highest BCUT2D eigenvalue weighted by molar-refractivity contribution is 7.92. The average molecular weight is 330 g/mol.